The molecule has 0 aliphatic carbocycles. The third-order valence-corrected chi connectivity index (χ3v) is 7.97. The maximum Gasteiger partial charge on any atom is 0.262 e. The Morgan fingerprint density at radius 1 is 0.848 bits per heavy atom. The molecule has 0 atom stereocenters. The molecule has 3 aromatic carbocycles. The predicted octanol–water partition coefficient (Wildman–Crippen LogP) is 5.38. The summed E-state index contributed by atoms with van der Waals surface area (Å²) >= 11 is 1.74. The number of nitrogens with one attached hydrogen (secondary N) is 2. The van der Waals surface area contributed by atoms with Crippen molar-refractivity contribution in [2.45, 2.75) is 38.3 Å². The Morgan fingerprint density at radius 2 is 1.55 bits per heavy atom. The van der Waals surface area contributed by atoms with Gasteiger partial charge in [0.2, 0.25) is 0 Å². The smallest absolute Gasteiger partial charge is 0.262 e. The van der Waals surface area contributed by atoms with Crippen molar-refractivity contribution in [3.8, 4) is 0 Å². The lowest BCUT2D eigenvalue weighted by atomic mass is 10.1. The highest BCUT2D eigenvalue weighted by atomic mass is 32.2. The molecule has 0 spiro atoms. The summed E-state index contributed by atoms with van der Waals surface area (Å²) in [4.78, 5) is 12.7. The van der Waals surface area contributed by atoms with Crippen molar-refractivity contribution >= 4 is 33.4 Å². The highest BCUT2D eigenvalue weighted by Gasteiger charge is 2.19. The minimum atomic E-state index is -3.83. The van der Waals surface area contributed by atoms with Crippen molar-refractivity contribution in [2.75, 3.05) is 17.0 Å². The number of benzene rings is 3. The molecule has 0 aliphatic heterocycles. The monoisotopic (exact) mass is 482 g/mol. The zero-order valence-electron chi connectivity index (χ0n) is 19.4. The van der Waals surface area contributed by atoms with E-state index >= 15 is 0 Å². The summed E-state index contributed by atoms with van der Waals surface area (Å²) in [5.41, 5.74) is 5.98. The van der Waals surface area contributed by atoms with Crippen LogP contribution in [-0.2, 0) is 15.8 Å². The lowest BCUT2D eigenvalue weighted by molar-refractivity contribution is 0.0956. The van der Waals surface area contributed by atoms with Gasteiger partial charge in [0.25, 0.3) is 15.9 Å². The quantitative estimate of drug-likeness (QED) is 0.401. The van der Waals surface area contributed by atoms with Gasteiger partial charge >= 0.3 is 0 Å². The van der Waals surface area contributed by atoms with Crippen molar-refractivity contribution < 1.29 is 13.2 Å². The van der Waals surface area contributed by atoms with Crippen LogP contribution in [0, 0.1) is 27.7 Å². The average molecular weight is 483 g/mol. The van der Waals surface area contributed by atoms with Crippen molar-refractivity contribution in [1.29, 1.82) is 0 Å². The first-order valence-corrected chi connectivity index (χ1v) is 13.4. The van der Waals surface area contributed by atoms with Crippen LogP contribution in [-0.4, -0.2) is 26.6 Å². The van der Waals surface area contributed by atoms with Gasteiger partial charge in [-0.3, -0.25) is 9.52 Å². The van der Waals surface area contributed by atoms with Gasteiger partial charge in [0.15, 0.2) is 0 Å². The van der Waals surface area contributed by atoms with Crippen LogP contribution in [0.1, 0.15) is 38.2 Å². The topological polar surface area (TPSA) is 75.3 Å². The van der Waals surface area contributed by atoms with E-state index in [1.54, 1.807) is 43.0 Å². The number of sulfonamides is 1. The van der Waals surface area contributed by atoms with Crippen molar-refractivity contribution in [3.05, 3.63) is 94.0 Å². The molecule has 5 nitrogen and oxygen atoms in total. The fourth-order valence-corrected chi connectivity index (χ4v) is 5.40. The zero-order valence-corrected chi connectivity index (χ0v) is 21.1. The van der Waals surface area contributed by atoms with Crippen molar-refractivity contribution in [2.24, 2.45) is 0 Å². The van der Waals surface area contributed by atoms with Gasteiger partial charge in [0, 0.05) is 29.3 Å². The molecule has 3 aromatic rings. The molecule has 0 unspecified atom stereocenters. The molecule has 1 amide bonds. The minimum absolute atomic E-state index is 0.0992. The highest BCUT2D eigenvalue weighted by Crippen LogP contribution is 2.22. The molecular weight excluding hydrogens is 452 g/mol. The molecule has 3 rings (SSSR count). The second-order valence-corrected chi connectivity index (χ2v) is 10.9. The number of carbonyl (C=O) groups is 1. The molecule has 0 aromatic heterocycles. The average Bonchev–Trinajstić information content (AvgIpc) is 2.77. The van der Waals surface area contributed by atoms with E-state index in [1.165, 1.54) is 17.2 Å². The first kappa shape index (κ1) is 24.9. The molecule has 0 saturated heterocycles. The van der Waals surface area contributed by atoms with Gasteiger partial charge in [-0.05, 0) is 74.2 Å². The van der Waals surface area contributed by atoms with E-state index in [4.69, 9.17) is 0 Å². The van der Waals surface area contributed by atoms with Gasteiger partial charge < -0.3 is 5.32 Å². The lowest BCUT2D eigenvalue weighted by Crippen LogP contribution is -2.26. The fraction of sp³-hybridized carbons (Fsp3) is 0.269. The van der Waals surface area contributed by atoms with Crippen LogP contribution in [0.25, 0.3) is 0 Å². The van der Waals surface area contributed by atoms with Crippen LogP contribution in [0.3, 0.4) is 0 Å². The van der Waals surface area contributed by atoms with E-state index in [0.717, 1.165) is 22.6 Å². The number of aryl methyl sites for hydroxylation is 4. The number of hydrogen-bond donors (Lipinski definition) is 2. The molecule has 0 fully saturated rings. The van der Waals surface area contributed by atoms with Gasteiger partial charge in [0.05, 0.1) is 4.90 Å². The van der Waals surface area contributed by atoms with Crippen LogP contribution >= 0.6 is 11.8 Å². The van der Waals surface area contributed by atoms with Crippen LogP contribution in [0.4, 0.5) is 5.69 Å². The van der Waals surface area contributed by atoms with Crippen LogP contribution in [0.5, 0.6) is 0 Å². The number of hydrogen-bond acceptors (Lipinski definition) is 4. The predicted molar refractivity (Wildman–Crippen MR) is 138 cm³/mol. The van der Waals surface area contributed by atoms with Crippen LogP contribution in [0.15, 0.2) is 65.6 Å². The first-order valence-electron chi connectivity index (χ1n) is 10.8. The number of anilines is 1. The highest BCUT2D eigenvalue weighted by molar-refractivity contribution is 7.98. The van der Waals surface area contributed by atoms with Gasteiger partial charge in [-0.15, -0.1) is 0 Å². The van der Waals surface area contributed by atoms with E-state index < -0.39 is 10.0 Å². The Labute approximate surface area is 201 Å². The largest absolute Gasteiger partial charge is 0.351 e. The van der Waals surface area contributed by atoms with E-state index in [-0.39, 0.29) is 10.8 Å². The van der Waals surface area contributed by atoms with Crippen LogP contribution < -0.4 is 10.0 Å². The zero-order chi connectivity index (χ0) is 24.0. The third kappa shape index (κ3) is 6.85. The van der Waals surface area contributed by atoms with E-state index in [9.17, 15) is 13.2 Å². The molecule has 7 heteroatoms. The standard InChI is InChI=1S/C26H30N2O3S2/c1-18-5-9-22(10-6-18)17-32-14-13-27-26(29)23-11-7-20(3)25(16-23)33(30,31)28-24-12-8-19(2)21(4)15-24/h5-12,15-16,28H,13-14,17H2,1-4H3,(H,27,29). The second-order valence-electron chi connectivity index (χ2n) is 8.18. The van der Waals surface area contributed by atoms with Gasteiger partial charge in [-0.25, -0.2) is 8.42 Å². The summed E-state index contributed by atoms with van der Waals surface area (Å²) in [5, 5.41) is 2.88. The molecule has 174 valence electrons. The Balaban J connectivity index is 1.60. The Morgan fingerprint density at radius 3 is 2.24 bits per heavy atom. The molecule has 2 N–H and O–H groups in total. The molecule has 33 heavy (non-hydrogen) atoms. The van der Waals surface area contributed by atoms with E-state index in [1.807, 2.05) is 19.9 Å². The fourth-order valence-electron chi connectivity index (χ4n) is 3.26. The summed E-state index contributed by atoms with van der Waals surface area (Å²) < 4.78 is 28.6. The van der Waals surface area contributed by atoms with Crippen molar-refractivity contribution in [1.82, 2.24) is 5.32 Å². The Hall–Kier alpha value is -2.77. The maximum absolute atomic E-state index is 13.0. The first-order chi connectivity index (χ1) is 15.7. The van der Waals surface area contributed by atoms with Gasteiger partial charge in [-0.2, -0.15) is 11.8 Å². The summed E-state index contributed by atoms with van der Waals surface area (Å²) in [6, 6.07) is 18.6. The van der Waals surface area contributed by atoms with Gasteiger partial charge in [-0.1, -0.05) is 42.0 Å². The molecule has 0 saturated carbocycles. The normalized spacial score (nSPS) is 11.3. The van der Waals surface area contributed by atoms with Gasteiger partial charge in [0.1, 0.15) is 0 Å². The van der Waals surface area contributed by atoms with E-state index in [2.05, 4.69) is 41.2 Å². The number of thioether (sulfide) groups is 1. The maximum atomic E-state index is 13.0. The second kappa shape index (κ2) is 10.9. The molecular formula is C26H30N2O3S2. The van der Waals surface area contributed by atoms with Crippen molar-refractivity contribution in [3.63, 3.8) is 0 Å². The SMILES string of the molecule is Cc1ccc(CSCCNC(=O)c2ccc(C)c(S(=O)(=O)Nc3ccc(C)c(C)c3)c2)cc1. The lowest BCUT2D eigenvalue weighted by Gasteiger charge is -2.13. The molecule has 0 aliphatic rings. The summed E-state index contributed by atoms with van der Waals surface area (Å²) in [6.45, 7) is 8.20. The van der Waals surface area contributed by atoms with E-state index in [0.29, 0.717) is 23.4 Å². The van der Waals surface area contributed by atoms with Crippen LogP contribution in [0.2, 0.25) is 0 Å². The minimum Gasteiger partial charge on any atom is -0.351 e. The molecule has 0 heterocycles. The Bertz CT molecular complexity index is 1240. The number of rotatable bonds is 9. The molecule has 0 radical (unpaired) electrons. The number of amides is 1. The number of carbonyl (C=O) groups excluding carboxylic acids is 1. The summed E-state index contributed by atoms with van der Waals surface area (Å²) in [7, 11) is -3.83. The third-order valence-electron chi connectivity index (χ3n) is 5.42. The summed E-state index contributed by atoms with van der Waals surface area (Å²) in [6.07, 6.45) is 0. The Kier molecular flexibility index (Phi) is 8.21. The summed E-state index contributed by atoms with van der Waals surface area (Å²) in [5.74, 6) is 1.37. The molecule has 0 bridgehead atoms.